The van der Waals surface area contributed by atoms with Crippen LogP contribution in [0, 0.1) is 16.7 Å². The minimum atomic E-state index is -4.51. The normalized spacial score (nSPS) is 29.5. The second-order valence-electron chi connectivity index (χ2n) is 8.39. The zero-order valence-corrected chi connectivity index (χ0v) is 14.6. The number of alkyl halides is 3. The predicted octanol–water partition coefficient (Wildman–Crippen LogP) is 4.80. The van der Waals surface area contributed by atoms with Crippen LogP contribution in [0.15, 0.2) is 24.3 Å². The SMILES string of the molecule is C[C@@H]1CC(C)(C)C[C@@]2(CC(=O)N(c3cccc(C(F)(F)F)c3)C2=O)C1. The molecule has 1 heterocycles. The van der Waals surface area contributed by atoms with Gasteiger partial charge in [0.15, 0.2) is 0 Å². The predicted molar refractivity (Wildman–Crippen MR) is 87.8 cm³/mol. The van der Waals surface area contributed by atoms with Crippen LogP contribution in [0.4, 0.5) is 18.9 Å². The number of imide groups is 1. The molecule has 2 atom stereocenters. The highest BCUT2D eigenvalue weighted by atomic mass is 19.4. The maximum absolute atomic E-state index is 13.1. The van der Waals surface area contributed by atoms with Crippen molar-refractivity contribution >= 4 is 17.5 Å². The number of hydrogen-bond donors (Lipinski definition) is 0. The first-order valence-corrected chi connectivity index (χ1v) is 8.48. The summed E-state index contributed by atoms with van der Waals surface area (Å²) in [4.78, 5) is 26.6. The van der Waals surface area contributed by atoms with Gasteiger partial charge in [-0.1, -0.05) is 26.8 Å². The molecule has 1 aromatic carbocycles. The van der Waals surface area contributed by atoms with E-state index in [9.17, 15) is 22.8 Å². The molecule has 1 aliphatic heterocycles. The van der Waals surface area contributed by atoms with Crippen LogP contribution < -0.4 is 4.90 Å². The quantitative estimate of drug-likeness (QED) is 0.680. The molecule has 1 saturated carbocycles. The summed E-state index contributed by atoms with van der Waals surface area (Å²) in [6.07, 6.45) is -2.27. The molecule has 2 aliphatic rings. The van der Waals surface area contributed by atoms with Gasteiger partial charge in [-0.3, -0.25) is 14.5 Å². The third kappa shape index (κ3) is 3.18. The van der Waals surface area contributed by atoms with Crippen molar-refractivity contribution in [2.75, 3.05) is 4.90 Å². The fourth-order valence-corrected chi connectivity index (χ4v) is 4.92. The molecule has 0 unspecified atom stereocenters. The Morgan fingerprint density at radius 3 is 2.44 bits per heavy atom. The fraction of sp³-hybridized carbons (Fsp3) is 0.579. The van der Waals surface area contributed by atoms with Gasteiger partial charge in [-0.25, -0.2) is 0 Å². The largest absolute Gasteiger partial charge is 0.416 e. The number of carbonyl (C=O) groups excluding carboxylic acids is 2. The summed E-state index contributed by atoms with van der Waals surface area (Å²) in [7, 11) is 0. The molecular formula is C19H22F3NO2. The molecule has 1 aromatic rings. The van der Waals surface area contributed by atoms with Crippen LogP contribution in [-0.2, 0) is 15.8 Å². The molecule has 6 heteroatoms. The van der Waals surface area contributed by atoms with Gasteiger partial charge in [-0.2, -0.15) is 13.2 Å². The maximum atomic E-state index is 13.1. The molecule has 0 bridgehead atoms. The molecule has 3 nitrogen and oxygen atoms in total. The van der Waals surface area contributed by atoms with E-state index in [4.69, 9.17) is 0 Å². The van der Waals surface area contributed by atoms with E-state index in [2.05, 4.69) is 20.8 Å². The molecule has 25 heavy (non-hydrogen) atoms. The molecule has 136 valence electrons. The number of hydrogen-bond acceptors (Lipinski definition) is 2. The second kappa shape index (κ2) is 5.58. The zero-order chi connectivity index (χ0) is 18.6. The van der Waals surface area contributed by atoms with Crippen molar-refractivity contribution in [3.8, 4) is 0 Å². The lowest BCUT2D eigenvalue weighted by molar-refractivity contribution is -0.137. The number of benzene rings is 1. The van der Waals surface area contributed by atoms with Gasteiger partial charge in [-0.05, 0) is 48.8 Å². The topological polar surface area (TPSA) is 37.4 Å². The molecule has 2 amide bonds. The average molecular weight is 353 g/mol. The molecule has 1 aliphatic carbocycles. The minimum absolute atomic E-state index is 0.0118. The van der Waals surface area contributed by atoms with E-state index in [-0.39, 0.29) is 23.4 Å². The van der Waals surface area contributed by atoms with Crippen molar-refractivity contribution in [3.05, 3.63) is 29.8 Å². The fourth-order valence-electron chi connectivity index (χ4n) is 4.92. The van der Waals surface area contributed by atoms with E-state index >= 15 is 0 Å². The Balaban J connectivity index is 1.98. The number of rotatable bonds is 1. The summed E-state index contributed by atoms with van der Waals surface area (Å²) < 4.78 is 38.9. The monoisotopic (exact) mass is 353 g/mol. The molecular weight excluding hydrogens is 331 g/mol. The van der Waals surface area contributed by atoms with Crippen LogP contribution in [-0.4, -0.2) is 11.8 Å². The van der Waals surface area contributed by atoms with Crippen molar-refractivity contribution in [1.29, 1.82) is 0 Å². The third-order valence-electron chi connectivity index (χ3n) is 5.28. The number of carbonyl (C=O) groups is 2. The molecule has 0 N–H and O–H groups in total. The number of nitrogens with zero attached hydrogens (tertiary/aromatic N) is 1. The first-order valence-electron chi connectivity index (χ1n) is 8.48. The first-order chi connectivity index (χ1) is 11.4. The standard InChI is InChI=1S/C19H22F3NO2/c1-12-8-17(2,3)11-18(9-12)10-15(24)23(16(18)25)14-6-4-5-13(7-14)19(20,21)22/h4-7,12H,8-11H2,1-3H3/t12-,18+/m1/s1. The maximum Gasteiger partial charge on any atom is 0.416 e. The Hall–Kier alpha value is -1.85. The molecule has 1 spiro atoms. The zero-order valence-electron chi connectivity index (χ0n) is 14.6. The van der Waals surface area contributed by atoms with Crippen molar-refractivity contribution in [1.82, 2.24) is 0 Å². The number of halogens is 3. The average Bonchev–Trinajstić information content (AvgIpc) is 2.66. The molecule has 3 rings (SSSR count). The molecule has 0 radical (unpaired) electrons. The van der Waals surface area contributed by atoms with Crippen molar-refractivity contribution in [2.24, 2.45) is 16.7 Å². The highest BCUT2D eigenvalue weighted by molar-refractivity contribution is 6.22. The summed E-state index contributed by atoms with van der Waals surface area (Å²) in [6, 6.07) is 4.45. The highest BCUT2D eigenvalue weighted by Crippen LogP contribution is 2.54. The summed E-state index contributed by atoms with van der Waals surface area (Å²) in [5.74, 6) is -0.465. The van der Waals surface area contributed by atoms with Crippen molar-refractivity contribution < 1.29 is 22.8 Å². The van der Waals surface area contributed by atoms with Gasteiger partial charge >= 0.3 is 6.18 Å². The summed E-state index contributed by atoms with van der Waals surface area (Å²) in [6.45, 7) is 6.22. The van der Waals surface area contributed by atoms with Crippen LogP contribution >= 0.6 is 0 Å². The highest BCUT2D eigenvalue weighted by Gasteiger charge is 2.56. The van der Waals surface area contributed by atoms with Gasteiger partial charge in [-0.15, -0.1) is 0 Å². The second-order valence-corrected chi connectivity index (χ2v) is 8.39. The van der Waals surface area contributed by atoms with Gasteiger partial charge in [0.25, 0.3) is 0 Å². The Morgan fingerprint density at radius 1 is 1.16 bits per heavy atom. The smallest absolute Gasteiger partial charge is 0.274 e. The van der Waals surface area contributed by atoms with Gasteiger partial charge in [0.2, 0.25) is 11.8 Å². The summed E-state index contributed by atoms with van der Waals surface area (Å²) in [5.41, 5.74) is -1.70. The third-order valence-corrected chi connectivity index (χ3v) is 5.28. The van der Waals surface area contributed by atoms with Crippen LogP contribution in [0.5, 0.6) is 0 Å². The minimum Gasteiger partial charge on any atom is -0.274 e. The van der Waals surface area contributed by atoms with Crippen molar-refractivity contribution in [3.63, 3.8) is 0 Å². The number of amides is 2. The summed E-state index contributed by atoms with van der Waals surface area (Å²) >= 11 is 0. The van der Waals surface area contributed by atoms with Gasteiger partial charge in [0, 0.05) is 6.42 Å². The molecule has 2 fully saturated rings. The van der Waals surface area contributed by atoms with Gasteiger partial charge in [0.1, 0.15) is 0 Å². The van der Waals surface area contributed by atoms with Crippen LogP contribution in [0.25, 0.3) is 0 Å². The van der Waals surface area contributed by atoms with Crippen LogP contribution in [0.3, 0.4) is 0 Å². The Kier molecular flexibility index (Phi) is 4.01. The first kappa shape index (κ1) is 18.0. The lowest BCUT2D eigenvalue weighted by atomic mass is 9.59. The lowest BCUT2D eigenvalue weighted by Gasteiger charge is -2.44. The van der Waals surface area contributed by atoms with Crippen molar-refractivity contribution in [2.45, 2.75) is 52.6 Å². The van der Waals surface area contributed by atoms with E-state index in [0.717, 1.165) is 23.5 Å². The Bertz CT molecular complexity index is 726. The van der Waals surface area contributed by atoms with Crippen LogP contribution in [0.1, 0.15) is 52.0 Å². The molecule has 0 aromatic heterocycles. The van der Waals surface area contributed by atoms with E-state index in [1.807, 2.05) is 0 Å². The van der Waals surface area contributed by atoms with E-state index in [1.165, 1.54) is 12.1 Å². The summed E-state index contributed by atoms with van der Waals surface area (Å²) in [5, 5.41) is 0. The van der Waals surface area contributed by atoms with Gasteiger partial charge < -0.3 is 0 Å². The van der Waals surface area contributed by atoms with Crippen LogP contribution in [0.2, 0.25) is 0 Å². The molecule has 1 saturated heterocycles. The Morgan fingerprint density at radius 2 is 1.84 bits per heavy atom. The van der Waals surface area contributed by atoms with E-state index in [1.54, 1.807) is 0 Å². The Labute approximate surface area is 145 Å². The van der Waals surface area contributed by atoms with E-state index in [0.29, 0.717) is 18.8 Å². The van der Waals surface area contributed by atoms with E-state index < -0.39 is 23.1 Å². The number of anilines is 1. The van der Waals surface area contributed by atoms with Gasteiger partial charge in [0.05, 0.1) is 16.7 Å². The lowest BCUT2D eigenvalue weighted by Crippen LogP contribution is -2.43.